The normalized spacial score (nSPS) is 16.4. The van der Waals surface area contributed by atoms with Crippen LogP contribution >= 0.6 is 0 Å². The molecule has 2 aromatic rings. The van der Waals surface area contributed by atoms with Crippen LogP contribution in [0.15, 0.2) is 42.5 Å². The molecule has 30 heavy (non-hydrogen) atoms. The van der Waals surface area contributed by atoms with Crippen molar-refractivity contribution in [2.45, 2.75) is 71.8 Å². The Kier molecular flexibility index (Phi) is 8.18. The van der Waals surface area contributed by atoms with Crippen LogP contribution in [0, 0.1) is 5.92 Å². The average molecular weight is 411 g/mol. The lowest BCUT2D eigenvalue weighted by Gasteiger charge is -2.28. The van der Waals surface area contributed by atoms with Crippen molar-refractivity contribution in [2.75, 3.05) is 6.61 Å². The summed E-state index contributed by atoms with van der Waals surface area (Å²) in [6, 6.07) is 13.8. The first-order valence-corrected chi connectivity index (χ1v) is 11.4. The molecule has 1 aliphatic heterocycles. The van der Waals surface area contributed by atoms with Crippen LogP contribution in [-0.4, -0.2) is 18.7 Å². The summed E-state index contributed by atoms with van der Waals surface area (Å²) in [5.74, 6) is 1.81. The van der Waals surface area contributed by atoms with Crippen molar-refractivity contribution < 1.29 is 19.0 Å². The molecule has 0 N–H and O–H groups in total. The maximum Gasteiger partial charge on any atom is 0.353 e. The molecule has 0 bridgehead atoms. The fourth-order valence-electron chi connectivity index (χ4n) is 3.59. The summed E-state index contributed by atoms with van der Waals surface area (Å²) in [5.41, 5.74) is 2.10. The van der Waals surface area contributed by atoms with E-state index in [2.05, 4.69) is 19.1 Å². The van der Waals surface area contributed by atoms with Crippen LogP contribution in [0.3, 0.4) is 0 Å². The highest BCUT2D eigenvalue weighted by Crippen LogP contribution is 2.38. The third-order valence-electron chi connectivity index (χ3n) is 5.76. The molecule has 0 aliphatic carbocycles. The average Bonchev–Trinajstić information content (AvgIpc) is 2.77. The van der Waals surface area contributed by atoms with E-state index < -0.39 is 6.10 Å². The van der Waals surface area contributed by atoms with E-state index in [9.17, 15) is 4.79 Å². The van der Waals surface area contributed by atoms with Gasteiger partial charge in [0.05, 0.1) is 6.61 Å². The molecule has 0 fully saturated rings. The van der Waals surface area contributed by atoms with E-state index in [-0.39, 0.29) is 11.9 Å². The Hall–Kier alpha value is -2.49. The van der Waals surface area contributed by atoms with Crippen molar-refractivity contribution in [2.24, 2.45) is 5.92 Å². The van der Waals surface area contributed by atoms with Crippen molar-refractivity contribution in [1.82, 2.24) is 0 Å². The predicted octanol–water partition coefficient (Wildman–Crippen LogP) is 6.81. The topological polar surface area (TPSA) is 44.8 Å². The van der Waals surface area contributed by atoms with E-state index in [0.29, 0.717) is 11.5 Å². The molecule has 3 rings (SSSR count). The van der Waals surface area contributed by atoms with Gasteiger partial charge in [-0.2, -0.15) is 0 Å². The summed E-state index contributed by atoms with van der Waals surface area (Å²) in [7, 11) is 0. The quantitative estimate of drug-likeness (QED) is 0.232. The number of unbranched alkanes of at least 4 members (excludes halogenated alkanes) is 5. The van der Waals surface area contributed by atoms with Crippen LogP contribution in [0.5, 0.6) is 17.2 Å². The van der Waals surface area contributed by atoms with Gasteiger partial charge < -0.3 is 14.2 Å². The molecule has 2 aromatic carbocycles. The van der Waals surface area contributed by atoms with Gasteiger partial charge in [0.25, 0.3) is 0 Å². The van der Waals surface area contributed by atoms with Crippen LogP contribution in [0.4, 0.5) is 0 Å². The number of hydrogen-bond donors (Lipinski definition) is 0. The largest absolute Gasteiger partial charge is 0.494 e. The first kappa shape index (κ1) is 22.2. The van der Waals surface area contributed by atoms with Crippen molar-refractivity contribution >= 4 is 5.97 Å². The SMILES string of the molecule is CCCCCCCCOc1ccc(-c2ccc3c(c2)O[C@H]([C@@H](C)CC)C(=O)O3)cc1. The van der Waals surface area contributed by atoms with Gasteiger partial charge in [-0.1, -0.05) is 71.1 Å². The monoisotopic (exact) mass is 410 g/mol. The lowest BCUT2D eigenvalue weighted by molar-refractivity contribution is -0.147. The van der Waals surface area contributed by atoms with Gasteiger partial charge >= 0.3 is 5.97 Å². The summed E-state index contributed by atoms with van der Waals surface area (Å²) in [5, 5.41) is 0. The number of carbonyl (C=O) groups excluding carboxylic acids is 1. The summed E-state index contributed by atoms with van der Waals surface area (Å²) in [4.78, 5) is 12.2. The molecule has 0 aromatic heterocycles. The Bertz CT molecular complexity index is 812. The molecule has 0 amide bonds. The Morgan fingerprint density at radius 1 is 0.900 bits per heavy atom. The maximum atomic E-state index is 12.2. The molecule has 2 atom stereocenters. The van der Waals surface area contributed by atoms with E-state index in [4.69, 9.17) is 14.2 Å². The molecule has 4 nitrogen and oxygen atoms in total. The smallest absolute Gasteiger partial charge is 0.353 e. The Morgan fingerprint density at radius 2 is 1.60 bits per heavy atom. The summed E-state index contributed by atoms with van der Waals surface area (Å²) in [6.07, 6.45) is 7.88. The molecule has 162 valence electrons. The third kappa shape index (κ3) is 5.78. The van der Waals surface area contributed by atoms with E-state index in [1.165, 1.54) is 32.1 Å². The Labute approximate surface area is 180 Å². The minimum absolute atomic E-state index is 0.109. The van der Waals surface area contributed by atoms with Crippen LogP contribution in [0.25, 0.3) is 11.1 Å². The summed E-state index contributed by atoms with van der Waals surface area (Å²) >= 11 is 0. The molecular formula is C26H34O4. The Morgan fingerprint density at radius 3 is 2.33 bits per heavy atom. The number of ether oxygens (including phenoxy) is 3. The molecule has 0 spiro atoms. The highest BCUT2D eigenvalue weighted by atomic mass is 16.6. The third-order valence-corrected chi connectivity index (χ3v) is 5.76. The molecule has 0 saturated carbocycles. The van der Waals surface area contributed by atoms with Gasteiger partial charge in [0.1, 0.15) is 5.75 Å². The lowest BCUT2D eigenvalue weighted by Crippen LogP contribution is -2.39. The number of fused-ring (bicyclic) bond motifs is 1. The molecule has 1 heterocycles. The van der Waals surface area contributed by atoms with Crippen LogP contribution < -0.4 is 14.2 Å². The van der Waals surface area contributed by atoms with Crippen molar-refractivity contribution in [3.05, 3.63) is 42.5 Å². The first-order valence-electron chi connectivity index (χ1n) is 11.4. The second-order valence-electron chi connectivity index (χ2n) is 8.15. The number of rotatable bonds is 11. The number of hydrogen-bond acceptors (Lipinski definition) is 4. The fraction of sp³-hybridized carbons (Fsp3) is 0.500. The molecule has 0 radical (unpaired) electrons. The second kappa shape index (κ2) is 11.1. The summed E-state index contributed by atoms with van der Waals surface area (Å²) < 4.78 is 17.3. The van der Waals surface area contributed by atoms with Crippen molar-refractivity contribution in [1.29, 1.82) is 0 Å². The van der Waals surface area contributed by atoms with Gasteiger partial charge in [0.2, 0.25) is 0 Å². The van der Waals surface area contributed by atoms with Gasteiger partial charge in [-0.05, 0) is 48.2 Å². The van der Waals surface area contributed by atoms with E-state index in [1.54, 1.807) is 6.07 Å². The van der Waals surface area contributed by atoms with Gasteiger partial charge in [0, 0.05) is 5.92 Å². The minimum Gasteiger partial charge on any atom is -0.494 e. The molecule has 4 heteroatoms. The van der Waals surface area contributed by atoms with Crippen LogP contribution in [0.2, 0.25) is 0 Å². The zero-order valence-corrected chi connectivity index (χ0v) is 18.5. The predicted molar refractivity (Wildman–Crippen MR) is 120 cm³/mol. The molecule has 0 unspecified atom stereocenters. The van der Waals surface area contributed by atoms with E-state index in [1.807, 2.05) is 38.1 Å². The van der Waals surface area contributed by atoms with Crippen LogP contribution in [0.1, 0.15) is 65.7 Å². The van der Waals surface area contributed by atoms with Gasteiger partial charge in [-0.15, -0.1) is 0 Å². The van der Waals surface area contributed by atoms with Gasteiger partial charge in [-0.3, -0.25) is 0 Å². The number of esters is 1. The highest BCUT2D eigenvalue weighted by molar-refractivity contribution is 5.81. The summed E-state index contributed by atoms with van der Waals surface area (Å²) in [6.45, 7) is 7.05. The van der Waals surface area contributed by atoms with Gasteiger partial charge in [0.15, 0.2) is 17.6 Å². The molecule has 1 aliphatic rings. The number of benzene rings is 2. The highest BCUT2D eigenvalue weighted by Gasteiger charge is 2.33. The van der Waals surface area contributed by atoms with E-state index in [0.717, 1.165) is 36.3 Å². The zero-order valence-electron chi connectivity index (χ0n) is 18.5. The van der Waals surface area contributed by atoms with Crippen molar-refractivity contribution in [3.63, 3.8) is 0 Å². The van der Waals surface area contributed by atoms with Crippen LogP contribution in [-0.2, 0) is 4.79 Å². The van der Waals surface area contributed by atoms with E-state index >= 15 is 0 Å². The first-order chi connectivity index (χ1) is 14.6. The maximum absolute atomic E-state index is 12.2. The minimum atomic E-state index is -0.546. The molecular weight excluding hydrogens is 376 g/mol. The van der Waals surface area contributed by atoms with Gasteiger partial charge in [-0.25, -0.2) is 4.79 Å². The zero-order chi connectivity index (χ0) is 21.3. The fourth-order valence-corrected chi connectivity index (χ4v) is 3.59. The standard InChI is InChI=1S/C26H34O4/c1-4-6-7-8-9-10-17-28-22-14-11-20(12-15-22)21-13-16-23-24(18-21)29-25(19(3)5-2)26(27)30-23/h11-16,18-19,25H,4-10,17H2,1-3H3/t19-,25+/m0/s1. The van der Waals surface area contributed by atoms with Crippen molar-refractivity contribution in [3.8, 4) is 28.4 Å². The second-order valence-corrected chi connectivity index (χ2v) is 8.15. The molecule has 0 saturated heterocycles. The lowest BCUT2D eigenvalue weighted by atomic mass is 10.0. The Balaban J connectivity index is 1.57. The number of carbonyl (C=O) groups is 1.